The van der Waals surface area contributed by atoms with Gasteiger partial charge in [-0.2, -0.15) is 0 Å². The normalized spacial score (nSPS) is 20.2. The summed E-state index contributed by atoms with van der Waals surface area (Å²) in [7, 11) is 1.65. The number of nitrogens with zero attached hydrogens (tertiary/aromatic N) is 2. The Bertz CT molecular complexity index is 762. The number of hydrogen-bond acceptors (Lipinski definition) is 4. The van der Waals surface area contributed by atoms with E-state index < -0.39 is 11.6 Å². The van der Waals surface area contributed by atoms with Gasteiger partial charge in [-0.15, -0.1) is 0 Å². The van der Waals surface area contributed by atoms with Gasteiger partial charge >= 0.3 is 6.03 Å². The zero-order valence-electron chi connectivity index (χ0n) is 16.6. The van der Waals surface area contributed by atoms with Crippen LogP contribution in [0, 0.1) is 13.8 Å². The molecule has 1 aliphatic heterocycles. The molecule has 1 spiro atoms. The molecule has 2 aliphatic rings. The average Bonchev–Trinajstić information content (AvgIpc) is 3.04. The number of nitrogens with one attached hydrogen (secondary N) is 1. The Morgan fingerprint density at radius 3 is 2.56 bits per heavy atom. The van der Waals surface area contributed by atoms with Crippen LogP contribution < -0.4 is 5.32 Å². The summed E-state index contributed by atoms with van der Waals surface area (Å²) in [6.07, 6.45) is 4.24. The Balaban J connectivity index is 1.79. The van der Waals surface area contributed by atoms with Crippen molar-refractivity contribution < 1.29 is 19.1 Å². The molecule has 3 rings (SSSR count). The van der Waals surface area contributed by atoms with Crippen molar-refractivity contribution in [3.05, 3.63) is 23.0 Å². The van der Waals surface area contributed by atoms with Gasteiger partial charge in [0.2, 0.25) is 0 Å². The maximum atomic E-state index is 12.9. The zero-order valence-corrected chi connectivity index (χ0v) is 16.6. The standard InChI is InChI=1S/C20H29N3O4/c1-13-10-16(15(3)23(13)14(2)12-27-4)17(24)11-22-18(25)20(21-19(22)26)8-6-5-7-9-20/h10,14H,5-9,11-12H2,1-4H3,(H,21,26)/t14-/m1/s1. The van der Waals surface area contributed by atoms with Crippen LogP contribution in [0.3, 0.4) is 0 Å². The fourth-order valence-electron chi connectivity index (χ4n) is 4.60. The molecule has 7 heteroatoms. The first-order chi connectivity index (χ1) is 12.8. The fourth-order valence-corrected chi connectivity index (χ4v) is 4.60. The molecule has 27 heavy (non-hydrogen) atoms. The highest BCUT2D eigenvalue weighted by Gasteiger charge is 2.51. The molecule has 2 fully saturated rings. The molecular weight excluding hydrogens is 346 g/mol. The molecule has 1 N–H and O–H groups in total. The minimum atomic E-state index is -0.792. The number of Topliss-reactive ketones (excluding diaryl/α,β-unsaturated/α-hetero) is 1. The molecular formula is C20H29N3O4. The molecule has 1 aromatic heterocycles. The van der Waals surface area contributed by atoms with Gasteiger partial charge in [0.1, 0.15) is 5.54 Å². The number of amides is 3. The number of methoxy groups -OCH3 is 1. The lowest BCUT2D eigenvalue weighted by molar-refractivity contribution is -0.132. The number of hydrogen-bond donors (Lipinski definition) is 1. The first kappa shape index (κ1) is 19.6. The molecule has 1 atom stereocenters. The molecule has 3 amide bonds. The molecule has 0 bridgehead atoms. The van der Waals surface area contributed by atoms with Crippen molar-refractivity contribution in [2.75, 3.05) is 20.3 Å². The summed E-state index contributed by atoms with van der Waals surface area (Å²) in [6, 6.07) is 1.48. The highest BCUT2D eigenvalue weighted by molar-refractivity contribution is 6.11. The van der Waals surface area contributed by atoms with Gasteiger partial charge in [-0.05, 0) is 39.7 Å². The van der Waals surface area contributed by atoms with E-state index in [2.05, 4.69) is 9.88 Å². The third kappa shape index (κ3) is 3.40. The summed E-state index contributed by atoms with van der Waals surface area (Å²) in [5.41, 5.74) is 1.56. The summed E-state index contributed by atoms with van der Waals surface area (Å²) < 4.78 is 7.29. The smallest absolute Gasteiger partial charge is 0.325 e. The molecule has 1 aromatic rings. The maximum Gasteiger partial charge on any atom is 0.325 e. The lowest BCUT2D eigenvalue weighted by Crippen LogP contribution is -2.48. The van der Waals surface area contributed by atoms with Gasteiger partial charge < -0.3 is 14.6 Å². The second kappa shape index (κ2) is 7.46. The van der Waals surface area contributed by atoms with E-state index in [9.17, 15) is 14.4 Å². The van der Waals surface area contributed by atoms with Crippen molar-refractivity contribution in [2.45, 2.75) is 64.5 Å². The van der Waals surface area contributed by atoms with Crippen molar-refractivity contribution >= 4 is 17.7 Å². The molecule has 148 valence electrons. The molecule has 0 aromatic carbocycles. The second-order valence-electron chi connectivity index (χ2n) is 7.85. The monoisotopic (exact) mass is 375 g/mol. The van der Waals surface area contributed by atoms with Crippen LogP contribution >= 0.6 is 0 Å². The molecule has 7 nitrogen and oxygen atoms in total. The van der Waals surface area contributed by atoms with Gasteiger partial charge in [-0.3, -0.25) is 14.5 Å². The van der Waals surface area contributed by atoms with Crippen LogP contribution in [-0.4, -0.2) is 53.0 Å². The van der Waals surface area contributed by atoms with E-state index in [1.165, 1.54) is 0 Å². The van der Waals surface area contributed by atoms with E-state index in [0.29, 0.717) is 25.0 Å². The van der Waals surface area contributed by atoms with Crippen molar-refractivity contribution in [1.82, 2.24) is 14.8 Å². The summed E-state index contributed by atoms with van der Waals surface area (Å²) in [5.74, 6) is -0.461. The van der Waals surface area contributed by atoms with E-state index in [-0.39, 0.29) is 24.3 Å². The number of rotatable bonds is 6. The summed E-state index contributed by atoms with van der Waals surface area (Å²) in [6.45, 7) is 6.19. The largest absolute Gasteiger partial charge is 0.383 e. The molecule has 1 saturated heterocycles. The minimum absolute atomic E-state index is 0.0961. The number of ketones is 1. The molecule has 0 radical (unpaired) electrons. The third-order valence-corrected chi connectivity index (χ3v) is 5.89. The maximum absolute atomic E-state index is 12.9. The number of imide groups is 1. The fraction of sp³-hybridized carbons (Fsp3) is 0.650. The van der Waals surface area contributed by atoms with Gasteiger partial charge in [-0.1, -0.05) is 19.3 Å². The Kier molecular flexibility index (Phi) is 5.42. The number of carbonyl (C=O) groups is 3. The van der Waals surface area contributed by atoms with Crippen molar-refractivity contribution in [3.63, 3.8) is 0 Å². The Hall–Kier alpha value is -2.15. The number of aromatic nitrogens is 1. The Labute approximate surface area is 160 Å². The lowest BCUT2D eigenvalue weighted by Gasteiger charge is -2.30. The first-order valence-electron chi connectivity index (χ1n) is 9.65. The van der Waals surface area contributed by atoms with Crippen molar-refractivity contribution in [3.8, 4) is 0 Å². The quantitative estimate of drug-likeness (QED) is 0.612. The predicted octanol–water partition coefficient (Wildman–Crippen LogP) is 2.75. The van der Waals surface area contributed by atoms with Gasteiger partial charge in [0.05, 0.1) is 19.2 Å². The number of carbonyl (C=O) groups excluding carboxylic acids is 3. The van der Waals surface area contributed by atoms with Gasteiger partial charge in [0.15, 0.2) is 5.78 Å². The zero-order chi connectivity index (χ0) is 19.8. The van der Waals surface area contributed by atoms with Crippen LogP contribution in [-0.2, 0) is 9.53 Å². The van der Waals surface area contributed by atoms with E-state index in [0.717, 1.165) is 35.6 Å². The third-order valence-electron chi connectivity index (χ3n) is 5.89. The van der Waals surface area contributed by atoms with E-state index in [4.69, 9.17) is 4.74 Å². The summed E-state index contributed by atoms with van der Waals surface area (Å²) in [5, 5.41) is 2.86. The molecule has 0 unspecified atom stereocenters. The van der Waals surface area contributed by atoms with Crippen molar-refractivity contribution in [1.29, 1.82) is 0 Å². The van der Waals surface area contributed by atoms with Gasteiger partial charge in [0, 0.05) is 24.1 Å². The minimum Gasteiger partial charge on any atom is -0.383 e. The van der Waals surface area contributed by atoms with Crippen LogP contribution in [0.4, 0.5) is 4.79 Å². The van der Waals surface area contributed by atoms with Gasteiger partial charge in [0.25, 0.3) is 5.91 Å². The Morgan fingerprint density at radius 2 is 1.93 bits per heavy atom. The van der Waals surface area contributed by atoms with Crippen LogP contribution in [0.25, 0.3) is 0 Å². The average molecular weight is 375 g/mol. The van der Waals surface area contributed by atoms with E-state index >= 15 is 0 Å². The molecule has 1 aliphatic carbocycles. The Morgan fingerprint density at radius 1 is 1.26 bits per heavy atom. The summed E-state index contributed by atoms with van der Waals surface area (Å²) in [4.78, 5) is 39.3. The first-order valence-corrected chi connectivity index (χ1v) is 9.65. The van der Waals surface area contributed by atoms with Gasteiger partial charge in [-0.25, -0.2) is 4.79 Å². The van der Waals surface area contributed by atoms with Crippen molar-refractivity contribution in [2.24, 2.45) is 0 Å². The highest BCUT2D eigenvalue weighted by Crippen LogP contribution is 2.34. The van der Waals surface area contributed by atoms with Crippen LogP contribution in [0.5, 0.6) is 0 Å². The molecule has 2 heterocycles. The lowest BCUT2D eigenvalue weighted by atomic mass is 9.82. The second-order valence-corrected chi connectivity index (χ2v) is 7.85. The molecule has 1 saturated carbocycles. The van der Waals surface area contributed by atoms with E-state index in [1.807, 2.05) is 26.8 Å². The number of ether oxygens (including phenoxy) is 1. The van der Waals surface area contributed by atoms with Crippen LogP contribution in [0.2, 0.25) is 0 Å². The number of urea groups is 1. The summed E-state index contributed by atoms with van der Waals surface area (Å²) >= 11 is 0. The SMILES string of the molecule is COC[C@@H](C)n1c(C)cc(C(=O)CN2C(=O)NC3(CCCCC3)C2=O)c1C. The van der Waals surface area contributed by atoms with Crippen LogP contribution in [0.1, 0.15) is 66.8 Å². The predicted molar refractivity (Wildman–Crippen MR) is 101 cm³/mol. The van der Waals surface area contributed by atoms with Crippen LogP contribution in [0.15, 0.2) is 6.07 Å². The highest BCUT2D eigenvalue weighted by atomic mass is 16.5. The van der Waals surface area contributed by atoms with E-state index in [1.54, 1.807) is 7.11 Å². The topological polar surface area (TPSA) is 80.6 Å². The number of aryl methyl sites for hydroxylation is 1.